The van der Waals surface area contributed by atoms with Crippen LogP contribution in [0, 0.1) is 6.92 Å². The summed E-state index contributed by atoms with van der Waals surface area (Å²) in [6.45, 7) is 16.1. The van der Waals surface area contributed by atoms with Gasteiger partial charge in [-0.15, -0.1) is 0 Å². The van der Waals surface area contributed by atoms with Gasteiger partial charge in [-0.2, -0.15) is 0 Å². The van der Waals surface area contributed by atoms with E-state index in [-0.39, 0.29) is 0 Å². The highest BCUT2D eigenvalue weighted by molar-refractivity contribution is 5.93. The first-order valence-electron chi connectivity index (χ1n) is 12.8. The number of hydrogen-bond donors (Lipinski definition) is 1. The van der Waals surface area contributed by atoms with Gasteiger partial charge in [0.25, 0.3) is 0 Å². The first-order valence-corrected chi connectivity index (χ1v) is 12.8. The van der Waals surface area contributed by atoms with Gasteiger partial charge >= 0.3 is 0 Å². The highest BCUT2D eigenvalue weighted by Crippen LogP contribution is 2.34. The van der Waals surface area contributed by atoms with Crippen molar-refractivity contribution in [2.24, 2.45) is 0 Å². The van der Waals surface area contributed by atoms with E-state index >= 15 is 0 Å². The SMILES string of the molecule is CCc1c(-c2ccnc(C)c2)[nH]c2ccc(N3CCN(C4CCN(C(C)C)CC4)CC3)cc12. The van der Waals surface area contributed by atoms with Crippen LogP contribution in [-0.2, 0) is 6.42 Å². The second-order valence-corrected chi connectivity index (χ2v) is 10.1. The van der Waals surface area contributed by atoms with Crippen LogP contribution in [0.1, 0.15) is 44.9 Å². The number of anilines is 1. The van der Waals surface area contributed by atoms with Crippen molar-refractivity contribution < 1.29 is 0 Å². The van der Waals surface area contributed by atoms with E-state index in [9.17, 15) is 0 Å². The maximum absolute atomic E-state index is 4.37. The van der Waals surface area contributed by atoms with Crippen LogP contribution in [0.15, 0.2) is 36.5 Å². The molecule has 1 aromatic carbocycles. The van der Waals surface area contributed by atoms with Crippen molar-refractivity contribution in [3.63, 3.8) is 0 Å². The van der Waals surface area contributed by atoms with Crippen molar-refractivity contribution in [2.75, 3.05) is 44.2 Å². The van der Waals surface area contributed by atoms with Crippen LogP contribution >= 0.6 is 0 Å². The number of aromatic nitrogens is 2. The van der Waals surface area contributed by atoms with Gasteiger partial charge < -0.3 is 14.8 Å². The molecule has 176 valence electrons. The van der Waals surface area contributed by atoms with E-state index < -0.39 is 0 Å². The van der Waals surface area contributed by atoms with Gasteiger partial charge in [0, 0.05) is 78.0 Å². The molecule has 5 rings (SSSR count). The molecule has 2 saturated heterocycles. The minimum Gasteiger partial charge on any atom is -0.369 e. The van der Waals surface area contributed by atoms with E-state index in [1.165, 1.54) is 72.4 Å². The van der Waals surface area contributed by atoms with Crippen LogP contribution in [0.25, 0.3) is 22.2 Å². The Bertz CT molecular complexity index is 1080. The highest BCUT2D eigenvalue weighted by Gasteiger charge is 2.28. The Labute approximate surface area is 198 Å². The number of nitrogens with one attached hydrogen (secondary N) is 1. The van der Waals surface area contributed by atoms with Crippen LogP contribution in [0.3, 0.4) is 0 Å². The molecule has 33 heavy (non-hydrogen) atoms. The minimum atomic E-state index is 0.683. The van der Waals surface area contributed by atoms with E-state index in [2.05, 4.69) is 82.7 Å². The third kappa shape index (κ3) is 4.53. The summed E-state index contributed by atoms with van der Waals surface area (Å²) in [5.74, 6) is 0. The number of aryl methyl sites for hydroxylation is 2. The molecule has 4 heterocycles. The predicted molar refractivity (Wildman–Crippen MR) is 139 cm³/mol. The summed E-state index contributed by atoms with van der Waals surface area (Å²) < 4.78 is 0. The lowest BCUT2D eigenvalue weighted by atomic mass is 10.0. The zero-order valence-electron chi connectivity index (χ0n) is 20.8. The maximum atomic E-state index is 4.37. The van der Waals surface area contributed by atoms with Crippen molar-refractivity contribution >= 4 is 16.6 Å². The third-order valence-electron chi connectivity index (χ3n) is 7.85. The number of H-pyrrole nitrogens is 1. The summed E-state index contributed by atoms with van der Waals surface area (Å²) in [6, 6.07) is 12.7. The van der Waals surface area contributed by atoms with Crippen LogP contribution in [0.2, 0.25) is 0 Å². The average Bonchev–Trinajstić information content (AvgIpc) is 3.22. The summed E-state index contributed by atoms with van der Waals surface area (Å²) in [5.41, 5.74) is 7.54. The molecular weight excluding hydrogens is 406 g/mol. The zero-order valence-corrected chi connectivity index (χ0v) is 20.8. The van der Waals surface area contributed by atoms with Gasteiger partial charge in [0.15, 0.2) is 0 Å². The van der Waals surface area contributed by atoms with Gasteiger partial charge in [0.2, 0.25) is 0 Å². The molecule has 0 amide bonds. The van der Waals surface area contributed by atoms with Crippen LogP contribution < -0.4 is 4.90 Å². The number of piperazine rings is 1. The maximum Gasteiger partial charge on any atom is 0.0498 e. The molecule has 2 fully saturated rings. The average molecular weight is 446 g/mol. The number of aromatic amines is 1. The molecule has 2 aromatic heterocycles. The molecule has 2 aliphatic rings. The second-order valence-electron chi connectivity index (χ2n) is 10.1. The molecule has 0 radical (unpaired) electrons. The molecule has 0 bridgehead atoms. The predicted octanol–water partition coefficient (Wildman–Crippen LogP) is 5.10. The van der Waals surface area contributed by atoms with E-state index in [0.717, 1.165) is 31.2 Å². The number of piperidine rings is 1. The van der Waals surface area contributed by atoms with Gasteiger partial charge in [-0.25, -0.2) is 0 Å². The molecule has 0 spiro atoms. The van der Waals surface area contributed by atoms with E-state index in [0.29, 0.717) is 6.04 Å². The molecule has 0 saturated carbocycles. The number of hydrogen-bond acceptors (Lipinski definition) is 4. The van der Waals surface area contributed by atoms with Crippen LogP contribution in [0.4, 0.5) is 5.69 Å². The lowest BCUT2D eigenvalue weighted by Crippen LogP contribution is -2.53. The molecule has 0 aliphatic carbocycles. The number of benzene rings is 1. The first kappa shape index (κ1) is 22.4. The Hall–Kier alpha value is -2.37. The van der Waals surface area contributed by atoms with Crippen LogP contribution in [0.5, 0.6) is 0 Å². The molecule has 0 atom stereocenters. The lowest BCUT2D eigenvalue weighted by Gasteiger charge is -2.44. The largest absolute Gasteiger partial charge is 0.369 e. The molecule has 2 aliphatic heterocycles. The van der Waals surface area contributed by atoms with Crippen molar-refractivity contribution in [1.82, 2.24) is 19.8 Å². The zero-order chi connectivity index (χ0) is 22.9. The van der Waals surface area contributed by atoms with Crippen molar-refractivity contribution in [1.29, 1.82) is 0 Å². The monoisotopic (exact) mass is 445 g/mol. The van der Waals surface area contributed by atoms with Crippen LogP contribution in [-0.4, -0.2) is 71.1 Å². The van der Waals surface area contributed by atoms with E-state index in [1.807, 2.05) is 6.20 Å². The number of rotatable bonds is 5. The molecule has 1 N–H and O–H groups in total. The molecule has 0 unspecified atom stereocenters. The first-order chi connectivity index (χ1) is 16.0. The fourth-order valence-corrected chi connectivity index (χ4v) is 5.86. The molecular formula is C28H39N5. The minimum absolute atomic E-state index is 0.683. The summed E-state index contributed by atoms with van der Waals surface area (Å²) in [5, 5.41) is 1.36. The smallest absolute Gasteiger partial charge is 0.0498 e. The Morgan fingerprint density at radius 3 is 2.42 bits per heavy atom. The van der Waals surface area contributed by atoms with Gasteiger partial charge in [-0.1, -0.05) is 6.92 Å². The number of pyridine rings is 1. The summed E-state index contributed by atoms with van der Waals surface area (Å²) >= 11 is 0. The summed E-state index contributed by atoms with van der Waals surface area (Å²) in [6.07, 6.45) is 5.57. The van der Waals surface area contributed by atoms with E-state index in [1.54, 1.807) is 0 Å². The van der Waals surface area contributed by atoms with Crippen molar-refractivity contribution in [3.8, 4) is 11.3 Å². The Kier molecular flexibility index (Phi) is 6.44. The number of likely N-dealkylation sites (tertiary alicyclic amines) is 1. The van der Waals surface area contributed by atoms with E-state index in [4.69, 9.17) is 0 Å². The fraction of sp³-hybridized carbons (Fsp3) is 0.536. The Morgan fingerprint density at radius 1 is 1.00 bits per heavy atom. The Morgan fingerprint density at radius 2 is 1.76 bits per heavy atom. The topological polar surface area (TPSA) is 38.4 Å². The number of fused-ring (bicyclic) bond motifs is 1. The fourth-order valence-electron chi connectivity index (χ4n) is 5.86. The normalized spacial score (nSPS) is 19.1. The highest BCUT2D eigenvalue weighted by atomic mass is 15.3. The van der Waals surface area contributed by atoms with Crippen molar-refractivity contribution in [3.05, 3.63) is 47.8 Å². The standard InChI is InChI=1S/C28H39N5/c1-5-25-26-19-24(6-7-27(26)30-28(25)22-8-11-29-21(4)18-22)33-16-14-32(15-17-33)23-9-12-31(13-10-23)20(2)3/h6-8,11,18-20,23,30H,5,9-10,12-17H2,1-4H3. The van der Waals surface area contributed by atoms with Gasteiger partial charge in [0.05, 0.1) is 0 Å². The summed E-state index contributed by atoms with van der Waals surface area (Å²) in [4.78, 5) is 16.0. The molecule has 5 nitrogen and oxygen atoms in total. The number of nitrogens with zero attached hydrogens (tertiary/aromatic N) is 4. The lowest BCUT2D eigenvalue weighted by molar-refractivity contribution is 0.0883. The Balaban J connectivity index is 1.30. The molecule has 5 heteroatoms. The van der Waals surface area contributed by atoms with Gasteiger partial charge in [0.1, 0.15) is 0 Å². The third-order valence-corrected chi connectivity index (χ3v) is 7.85. The molecule has 3 aromatic rings. The van der Waals surface area contributed by atoms with Crippen molar-refractivity contribution in [2.45, 2.75) is 59.0 Å². The summed E-state index contributed by atoms with van der Waals surface area (Å²) in [7, 11) is 0. The van der Waals surface area contributed by atoms with Gasteiger partial charge in [-0.05, 0) is 89.0 Å². The quantitative estimate of drug-likeness (QED) is 0.593. The van der Waals surface area contributed by atoms with Gasteiger partial charge in [-0.3, -0.25) is 9.88 Å². The second kappa shape index (κ2) is 9.47.